The molecule has 0 bridgehead atoms. The lowest BCUT2D eigenvalue weighted by Gasteiger charge is -2.23. The highest BCUT2D eigenvalue weighted by molar-refractivity contribution is 7.99. The van der Waals surface area contributed by atoms with Crippen molar-refractivity contribution in [1.29, 1.82) is 0 Å². The van der Waals surface area contributed by atoms with E-state index in [0.29, 0.717) is 12.1 Å². The van der Waals surface area contributed by atoms with Crippen LogP contribution in [0.3, 0.4) is 0 Å². The summed E-state index contributed by atoms with van der Waals surface area (Å²) in [6, 6.07) is 21.8. The van der Waals surface area contributed by atoms with E-state index in [1.165, 1.54) is 23.9 Å². The molecule has 1 aliphatic heterocycles. The van der Waals surface area contributed by atoms with Gasteiger partial charge in [0.1, 0.15) is 0 Å². The standard InChI is InChI=1S/C20H14N2O3S/c23-20-16-12-15(22(24)25)10-11-18(16)26-19-9-5-4-8-17(19)21(20)13-14-6-2-1-3-7-14/h1-12H,13H2. The Morgan fingerprint density at radius 3 is 2.42 bits per heavy atom. The van der Waals surface area contributed by atoms with Crippen molar-refractivity contribution in [3.63, 3.8) is 0 Å². The van der Waals surface area contributed by atoms with Gasteiger partial charge >= 0.3 is 0 Å². The third-order valence-corrected chi connectivity index (χ3v) is 5.35. The molecule has 3 aromatic carbocycles. The predicted molar refractivity (Wildman–Crippen MR) is 101 cm³/mol. The Balaban J connectivity index is 1.85. The van der Waals surface area contributed by atoms with Crippen molar-refractivity contribution < 1.29 is 9.72 Å². The number of hydrogen-bond acceptors (Lipinski definition) is 4. The number of para-hydroxylation sites is 1. The first-order valence-corrected chi connectivity index (χ1v) is 8.86. The van der Waals surface area contributed by atoms with Gasteiger partial charge in [0.05, 0.1) is 22.7 Å². The Kier molecular flexibility index (Phi) is 4.18. The molecule has 128 valence electrons. The summed E-state index contributed by atoms with van der Waals surface area (Å²) < 4.78 is 0. The molecule has 0 saturated carbocycles. The van der Waals surface area contributed by atoms with Gasteiger partial charge in [-0.1, -0.05) is 54.2 Å². The van der Waals surface area contributed by atoms with E-state index >= 15 is 0 Å². The number of anilines is 1. The van der Waals surface area contributed by atoms with E-state index in [-0.39, 0.29) is 11.6 Å². The van der Waals surface area contributed by atoms with Crippen LogP contribution in [0.15, 0.2) is 82.6 Å². The smallest absolute Gasteiger partial charge is 0.270 e. The SMILES string of the molecule is O=C1c2cc([N+](=O)[O-])ccc2Sc2ccccc2N1Cc1ccccc1. The molecule has 0 fully saturated rings. The fourth-order valence-corrected chi connectivity index (χ4v) is 4.01. The second-order valence-corrected chi connectivity index (χ2v) is 6.97. The molecule has 0 spiro atoms. The van der Waals surface area contributed by atoms with E-state index in [4.69, 9.17) is 0 Å². The molecule has 5 nitrogen and oxygen atoms in total. The molecule has 26 heavy (non-hydrogen) atoms. The molecule has 6 heteroatoms. The van der Waals surface area contributed by atoms with Gasteiger partial charge in [0.15, 0.2) is 0 Å². The van der Waals surface area contributed by atoms with Gasteiger partial charge in [-0.3, -0.25) is 14.9 Å². The molecule has 0 unspecified atom stereocenters. The molecule has 3 aromatic rings. The zero-order valence-corrected chi connectivity index (χ0v) is 14.5. The van der Waals surface area contributed by atoms with Gasteiger partial charge in [-0.25, -0.2) is 0 Å². The fraction of sp³-hybridized carbons (Fsp3) is 0.0500. The number of amides is 1. The highest BCUT2D eigenvalue weighted by Gasteiger charge is 2.28. The third kappa shape index (κ3) is 2.95. The van der Waals surface area contributed by atoms with Gasteiger partial charge < -0.3 is 4.90 Å². The number of carbonyl (C=O) groups excluding carboxylic acids is 1. The number of fused-ring (bicyclic) bond motifs is 2. The number of benzene rings is 3. The molecule has 1 heterocycles. The van der Waals surface area contributed by atoms with E-state index in [0.717, 1.165) is 21.0 Å². The summed E-state index contributed by atoms with van der Waals surface area (Å²) in [6.45, 7) is 0.402. The predicted octanol–water partition coefficient (Wildman–Crippen LogP) is 4.91. The Hall–Kier alpha value is -3.12. The number of rotatable bonds is 3. The molecular formula is C20H14N2O3S. The zero-order chi connectivity index (χ0) is 18.1. The van der Waals surface area contributed by atoms with Crippen LogP contribution in [-0.2, 0) is 6.54 Å². The van der Waals surface area contributed by atoms with Crippen LogP contribution in [0.4, 0.5) is 11.4 Å². The van der Waals surface area contributed by atoms with E-state index < -0.39 is 4.92 Å². The fourth-order valence-electron chi connectivity index (χ4n) is 2.95. The van der Waals surface area contributed by atoms with Crippen molar-refractivity contribution in [2.75, 3.05) is 4.90 Å². The van der Waals surface area contributed by atoms with Crippen LogP contribution in [0.2, 0.25) is 0 Å². The lowest BCUT2D eigenvalue weighted by molar-refractivity contribution is -0.384. The highest BCUT2D eigenvalue weighted by Crippen LogP contribution is 2.42. The molecule has 0 aliphatic carbocycles. The molecule has 0 atom stereocenters. The topological polar surface area (TPSA) is 63.4 Å². The van der Waals surface area contributed by atoms with Crippen molar-refractivity contribution >= 4 is 29.0 Å². The maximum Gasteiger partial charge on any atom is 0.270 e. The molecule has 1 aliphatic rings. The Bertz CT molecular complexity index is 1000. The van der Waals surface area contributed by atoms with Gasteiger partial charge in [-0.15, -0.1) is 0 Å². The number of carbonyl (C=O) groups is 1. The summed E-state index contributed by atoms with van der Waals surface area (Å²) >= 11 is 1.46. The van der Waals surface area contributed by atoms with E-state index in [1.54, 1.807) is 11.0 Å². The summed E-state index contributed by atoms with van der Waals surface area (Å²) in [4.78, 5) is 27.3. The van der Waals surface area contributed by atoms with Gasteiger partial charge in [-0.05, 0) is 23.8 Å². The Labute approximate surface area is 154 Å². The van der Waals surface area contributed by atoms with Crippen LogP contribution in [0, 0.1) is 10.1 Å². The number of non-ortho nitro benzene ring substituents is 1. The van der Waals surface area contributed by atoms with E-state index in [1.807, 2.05) is 54.6 Å². The number of nitrogens with zero attached hydrogens (tertiary/aromatic N) is 2. The summed E-state index contributed by atoms with van der Waals surface area (Å²) in [5.41, 5.74) is 2.08. The minimum atomic E-state index is -0.474. The lowest BCUT2D eigenvalue weighted by Crippen LogP contribution is -2.30. The second-order valence-electron chi connectivity index (χ2n) is 5.88. The minimum absolute atomic E-state index is 0.0803. The van der Waals surface area contributed by atoms with Crippen LogP contribution in [0.5, 0.6) is 0 Å². The minimum Gasteiger partial charge on any atom is -0.303 e. The van der Waals surface area contributed by atoms with Gasteiger partial charge in [0.2, 0.25) is 0 Å². The lowest BCUT2D eigenvalue weighted by atomic mass is 10.1. The number of hydrogen-bond donors (Lipinski definition) is 0. The summed E-state index contributed by atoms with van der Waals surface area (Å²) in [7, 11) is 0. The highest BCUT2D eigenvalue weighted by atomic mass is 32.2. The molecule has 1 amide bonds. The zero-order valence-electron chi connectivity index (χ0n) is 13.7. The first-order chi connectivity index (χ1) is 12.6. The average Bonchev–Trinajstić information content (AvgIpc) is 2.77. The third-order valence-electron chi connectivity index (χ3n) is 4.21. The quantitative estimate of drug-likeness (QED) is 0.491. The van der Waals surface area contributed by atoms with Gasteiger partial charge in [-0.2, -0.15) is 0 Å². The van der Waals surface area contributed by atoms with Gasteiger partial charge in [0, 0.05) is 21.9 Å². The molecule has 0 N–H and O–H groups in total. The summed E-state index contributed by atoms with van der Waals surface area (Å²) in [5.74, 6) is -0.231. The molecule has 0 aromatic heterocycles. The van der Waals surface area contributed by atoms with Crippen molar-refractivity contribution in [3.8, 4) is 0 Å². The summed E-state index contributed by atoms with van der Waals surface area (Å²) in [6.07, 6.45) is 0. The van der Waals surface area contributed by atoms with Crippen molar-refractivity contribution in [2.45, 2.75) is 16.3 Å². The van der Waals surface area contributed by atoms with Crippen molar-refractivity contribution in [2.24, 2.45) is 0 Å². The number of nitro groups is 1. The Morgan fingerprint density at radius 1 is 0.923 bits per heavy atom. The van der Waals surface area contributed by atoms with Crippen LogP contribution < -0.4 is 4.90 Å². The normalized spacial score (nSPS) is 12.9. The summed E-state index contributed by atoms with van der Waals surface area (Å²) in [5, 5.41) is 11.1. The second kappa shape index (κ2) is 6.65. The first kappa shape index (κ1) is 16.4. The van der Waals surface area contributed by atoms with Crippen LogP contribution in [0.1, 0.15) is 15.9 Å². The van der Waals surface area contributed by atoms with E-state index in [2.05, 4.69) is 0 Å². The molecule has 4 rings (SSSR count). The average molecular weight is 362 g/mol. The maximum absolute atomic E-state index is 13.3. The first-order valence-electron chi connectivity index (χ1n) is 8.04. The van der Waals surface area contributed by atoms with Crippen LogP contribution in [0.25, 0.3) is 0 Å². The monoisotopic (exact) mass is 362 g/mol. The van der Waals surface area contributed by atoms with Crippen molar-refractivity contribution in [1.82, 2.24) is 0 Å². The number of nitro benzene ring substituents is 1. The van der Waals surface area contributed by atoms with Gasteiger partial charge in [0.25, 0.3) is 11.6 Å². The molecule has 0 saturated heterocycles. The van der Waals surface area contributed by atoms with Crippen LogP contribution >= 0.6 is 11.8 Å². The molecule has 0 radical (unpaired) electrons. The largest absolute Gasteiger partial charge is 0.303 e. The van der Waals surface area contributed by atoms with Crippen molar-refractivity contribution in [3.05, 3.63) is 94.0 Å². The van der Waals surface area contributed by atoms with Crippen LogP contribution in [-0.4, -0.2) is 10.8 Å². The maximum atomic E-state index is 13.3. The molecular weight excluding hydrogens is 348 g/mol. The van der Waals surface area contributed by atoms with E-state index in [9.17, 15) is 14.9 Å². The Morgan fingerprint density at radius 2 is 1.65 bits per heavy atom.